The van der Waals surface area contributed by atoms with Gasteiger partial charge in [0, 0.05) is 24.7 Å². The van der Waals surface area contributed by atoms with E-state index < -0.39 is 12.0 Å². The number of ether oxygens (including phenoxy) is 2. The van der Waals surface area contributed by atoms with Gasteiger partial charge in [0.1, 0.15) is 11.9 Å². The SMILES string of the molecule is CCN1NC(Cc2ccc(OC)c(OC)c2)C=C1C1CCN(CC2CCC[C@@H]2c2cccc(F)c2)CC1.CCNC(C(=O)O)C(C)C. The second kappa shape index (κ2) is 17.9. The van der Waals surface area contributed by atoms with Crippen LogP contribution in [0.4, 0.5) is 4.39 Å². The lowest BCUT2D eigenvalue weighted by atomic mass is 9.87. The van der Waals surface area contributed by atoms with Crippen LogP contribution in [-0.4, -0.2) is 80.0 Å². The molecule has 0 radical (unpaired) electrons. The molecule has 2 aromatic rings. The van der Waals surface area contributed by atoms with Crippen molar-refractivity contribution in [3.63, 3.8) is 0 Å². The molecule has 0 aromatic heterocycles. The lowest BCUT2D eigenvalue weighted by molar-refractivity contribution is -0.140. The maximum absolute atomic E-state index is 13.8. The number of nitrogens with zero attached hydrogens (tertiary/aromatic N) is 2. The third kappa shape index (κ3) is 9.94. The fraction of sp³-hybridized carbons (Fsp3) is 0.605. The Morgan fingerprint density at radius 3 is 2.38 bits per heavy atom. The molecule has 5 rings (SSSR count). The highest BCUT2D eigenvalue weighted by Crippen LogP contribution is 2.41. The number of likely N-dealkylation sites (N-methyl/N-ethyl adjacent to an activating group) is 1. The molecule has 0 amide bonds. The van der Waals surface area contributed by atoms with Crippen LogP contribution < -0.4 is 20.2 Å². The molecule has 3 aliphatic rings. The Hall–Kier alpha value is -3.14. The summed E-state index contributed by atoms with van der Waals surface area (Å²) in [5.41, 5.74) is 7.62. The molecule has 1 aliphatic carbocycles. The molecule has 2 heterocycles. The number of carboxylic acids is 1. The Morgan fingerprint density at radius 1 is 1.04 bits per heavy atom. The number of aliphatic carboxylic acids is 1. The molecular formula is C38H57FN4O4. The number of rotatable bonds is 13. The lowest BCUT2D eigenvalue weighted by Crippen LogP contribution is -2.42. The Kier molecular flexibility index (Phi) is 13.9. The highest BCUT2D eigenvalue weighted by Gasteiger charge is 2.34. The summed E-state index contributed by atoms with van der Waals surface area (Å²) >= 11 is 0. The molecule has 2 aromatic carbocycles. The minimum absolute atomic E-state index is 0.104. The van der Waals surface area contributed by atoms with Gasteiger partial charge in [-0.25, -0.2) is 9.82 Å². The standard InChI is InChI=1S/C31H42FN3O2.C7H15NO2/c1-4-35-29(20-27(33-35)17-22-11-12-30(36-2)31(18-22)37-3)23-13-15-34(16-14-23)21-25-8-6-10-28(25)24-7-5-9-26(32)19-24;1-4-8-6(5(2)3)7(9)10/h5,7,9,11-12,18-20,23,25,27-28,33H,4,6,8,10,13-17,21H2,1-3H3;5-6,8H,4H2,1-3H3,(H,9,10)/t25?,27?,28-;/m1./s1. The third-order valence-corrected chi connectivity index (χ3v) is 10.0. The molecule has 3 N–H and O–H groups in total. The van der Waals surface area contributed by atoms with Gasteiger partial charge in [0.2, 0.25) is 0 Å². The van der Waals surface area contributed by atoms with E-state index in [0.29, 0.717) is 24.3 Å². The lowest BCUT2D eigenvalue weighted by Gasteiger charge is -2.37. The van der Waals surface area contributed by atoms with Gasteiger partial charge in [-0.05, 0) is 118 Å². The highest BCUT2D eigenvalue weighted by atomic mass is 19.1. The highest BCUT2D eigenvalue weighted by molar-refractivity contribution is 5.73. The van der Waals surface area contributed by atoms with Crippen LogP contribution in [0.3, 0.4) is 0 Å². The van der Waals surface area contributed by atoms with Crippen LogP contribution in [-0.2, 0) is 11.2 Å². The van der Waals surface area contributed by atoms with Crippen LogP contribution in [0.5, 0.6) is 11.5 Å². The van der Waals surface area contributed by atoms with Gasteiger partial charge in [-0.2, -0.15) is 0 Å². The first-order valence-corrected chi connectivity index (χ1v) is 17.6. The monoisotopic (exact) mass is 652 g/mol. The third-order valence-electron chi connectivity index (χ3n) is 10.0. The molecule has 47 heavy (non-hydrogen) atoms. The first kappa shape index (κ1) is 36.7. The molecule has 260 valence electrons. The normalized spacial score (nSPS) is 22.5. The van der Waals surface area contributed by atoms with Crippen LogP contribution in [0.1, 0.15) is 76.8 Å². The number of carbonyl (C=O) groups is 1. The zero-order valence-electron chi connectivity index (χ0n) is 29.3. The van der Waals surface area contributed by atoms with Gasteiger partial charge in [0.05, 0.1) is 20.3 Å². The van der Waals surface area contributed by atoms with Crippen LogP contribution >= 0.6 is 0 Å². The number of piperidine rings is 1. The van der Waals surface area contributed by atoms with Crippen molar-refractivity contribution in [1.82, 2.24) is 20.7 Å². The van der Waals surface area contributed by atoms with E-state index >= 15 is 0 Å². The Morgan fingerprint density at radius 2 is 1.79 bits per heavy atom. The number of allylic oxidation sites excluding steroid dienone is 1. The minimum atomic E-state index is -0.767. The number of halogens is 1. The van der Waals surface area contributed by atoms with E-state index in [4.69, 9.17) is 14.6 Å². The van der Waals surface area contributed by atoms with Crippen molar-refractivity contribution in [3.05, 3.63) is 71.2 Å². The Balaban J connectivity index is 0.000000434. The van der Waals surface area contributed by atoms with Gasteiger partial charge in [0.25, 0.3) is 0 Å². The van der Waals surface area contributed by atoms with Crippen molar-refractivity contribution >= 4 is 5.97 Å². The van der Waals surface area contributed by atoms with Gasteiger partial charge in [-0.1, -0.05) is 45.4 Å². The molecule has 8 nitrogen and oxygen atoms in total. The van der Waals surface area contributed by atoms with E-state index in [0.717, 1.165) is 44.1 Å². The van der Waals surface area contributed by atoms with Crippen LogP contribution in [0.25, 0.3) is 0 Å². The number of hydrogen-bond donors (Lipinski definition) is 3. The summed E-state index contributed by atoms with van der Waals surface area (Å²) < 4.78 is 24.7. The number of benzene rings is 2. The number of hydrogen-bond acceptors (Lipinski definition) is 7. The quantitative estimate of drug-likeness (QED) is 0.227. The van der Waals surface area contributed by atoms with Crippen LogP contribution in [0, 0.1) is 23.6 Å². The van der Waals surface area contributed by atoms with Gasteiger partial charge in [-0.15, -0.1) is 0 Å². The Bertz CT molecular complexity index is 1310. The molecule has 1 saturated heterocycles. The Labute approximate surface area is 281 Å². The van der Waals surface area contributed by atoms with Gasteiger partial charge < -0.3 is 29.8 Å². The van der Waals surface area contributed by atoms with Crippen LogP contribution in [0.15, 0.2) is 54.2 Å². The second-order valence-corrected chi connectivity index (χ2v) is 13.5. The smallest absolute Gasteiger partial charge is 0.320 e. The first-order valence-electron chi connectivity index (χ1n) is 17.6. The zero-order chi connectivity index (χ0) is 33.9. The largest absolute Gasteiger partial charge is 0.493 e. The number of carboxylic acid groups (broad SMARTS) is 1. The van der Waals surface area contributed by atoms with Gasteiger partial charge in [-0.3, -0.25) is 4.79 Å². The zero-order valence-corrected chi connectivity index (χ0v) is 29.3. The summed E-state index contributed by atoms with van der Waals surface area (Å²) in [5.74, 6) is 2.57. The summed E-state index contributed by atoms with van der Waals surface area (Å²) in [5, 5.41) is 13.9. The fourth-order valence-corrected chi connectivity index (χ4v) is 7.61. The summed E-state index contributed by atoms with van der Waals surface area (Å²) in [6.07, 6.45) is 9.48. The molecular weight excluding hydrogens is 595 g/mol. The van der Waals surface area contributed by atoms with E-state index in [1.807, 2.05) is 32.9 Å². The summed E-state index contributed by atoms with van der Waals surface area (Å²) in [6, 6.07) is 13.4. The van der Waals surface area contributed by atoms with Gasteiger partial charge >= 0.3 is 5.97 Å². The van der Waals surface area contributed by atoms with Crippen molar-refractivity contribution in [3.8, 4) is 11.5 Å². The number of likely N-dealkylation sites (tertiary alicyclic amines) is 1. The average molecular weight is 653 g/mol. The molecule has 3 unspecified atom stereocenters. The molecule has 0 spiro atoms. The molecule has 9 heteroatoms. The van der Waals surface area contributed by atoms with E-state index in [1.54, 1.807) is 26.4 Å². The van der Waals surface area contributed by atoms with Crippen molar-refractivity contribution in [2.75, 3.05) is 46.9 Å². The minimum Gasteiger partial charge on any atom is -0.493 e. The van der Waals surface area contributed by atoms with Gasteiger partial charge in [0.15, 0.2) is 11.5 Å². The van der Waals surface area contributed by atoms with Crippen molar-refractivity contribution in [1.29, 1.82) is 0 Å². The molecule has 2 aliphatic heterocycles. The second-order valence-electron chi connectivity index (χ2n) is 13.5. The predicted molar refractivity (Wildman–Crippen MR) is 186 cm³/mol. The molecule has 4 atom stereocenters. The summed E-state index contributed by atoms with van der Waals surface area (Å²) in [6.45, 7) is 13.0. The topological polar surface area (TPSA) is 86.3 Å². The molecule has 2 fully saturated rings. The first-order chi connectivity index (χ1) is 22.7. The van der Waals surface area contributed by atoms with E-state index in [-0.39, 0.29) is 17.8 Å². The maximum atomic E-state index is 13.8. The van der Waals surface area contributed by atoms with Crippen LogP contribution in [0.2, 0.25) is 0 Å². The van der Waals surface area contributed by atoms with E-state index in [1.165, 1.54) is 48.9 Å². The summed E-state index contributed by atoms with van der Waals surface area (Å²) in [4.78, 5) is 13.1. The summed E-state index contributed by atoms with van der Waals surface area (Å²) in [7, 11) is 3.36. The average Bonchev–Trinajstić information content (AvgIpc) is 3.70. The maximum Gasteiger partial charge on any atom is 0.320 e. The molecule has 1 saturated carbocycles. The predicted octanol–water partition coefficient (Wildman–Crippen LogP) is 6.48. The number of hydrazine groups is 1. The fourth-order valence-electron chi connectivity index (χ4n) is 7.61. The van der Waals surface area contributed by atoms with Crippen molar-refractivity contribution < 1.29 is 23.8 Å². The number of nitrogens with one attached hydrogen (secondary N) is 2. The van der Waals surface area contributed by atoms with Crippen molar-refractivity contribution in [2.45, 2.75) is 84.2 Å². The number of methoxy groups -OCH3 is 2. The molecule has 0 bridgehead atoms. The van der Waals surface area contributed by atoms with E-state index in [9.17, 15) is 9.18 Å². The van der Waals surface area contributed by atoms with E-state index in [2.05, 4.69) is 51.9 Å². The van der Waals surface area contributed by atoms with Crippen molar-refractivity contribution in [2.24, 2.45) is 17.8 Å².